The fraction of sp³-hybridized carbons (Fsp3) is 0.429. The number of nitrogens with one attached hydrogen (secondary N) is 2. The van der Waals surface area contributed by atoms with Crippen LogP contribution in [-0.4, -0.2) is 35.7 Å². The third-order valence-electron chi connectivity index (χ3n) is 3.11. The number of hydrogen-bond donors (Lipinski definition) is 3. The molecule has 1 aliphatic rings. The predicted octanol–water partition coefficient (Wildman–Crippen LogP) is 1.23. The highest BCUT2D eigenvalue weighted by molar-refractivity contribution is 5.83. The SMILES string of the molecule is CC(CCC(=O)O)NC(=O)C1CNc2ccccc2O1. The number of benzene rings is 1. The van der Waals surface area contributed by atoms with Gasteiger partial charge in [-0.2, -0.15) is 0 Å². The van der Waals surface area contributed by atoms with Crippen molar-refractivity contribution in [2.24, 2.45) is 0 Å². The van der Waals surface area contributed by atoms with Crippen molar-refractivity contribution in [1.82, 2.24) is 5.32 Å². The highest BCUT2D eigenvalue weighted by Crippen LogP contribution is 2.28. The molecule has 1 amide bonds. The van der Waals surface area contributed by atoms with E-state index < -0.39 is 12.1 Å². The zero-order valence-corrected chi connectivity index (χ0v) is 11.3. The Balaban J connectivity index is 1.87. The molecule has 1 aromatic rings. The summed E-state index contributed by atoms with van der Waals surface area (Å²) < 4.78 is 5.63. The quantitative estimate of drug-likeness (QED) is 0.754. The molecule has 0 bridgehead atoms. The maximum absolute atomic E-state index is 12.0. The number of anilines is 1. The summed E-state index contributed by atoms with van der Waals surface area (Å²) in [5.41, 5.74) is 0.871. The van der Waals surface area contributed by atoms with Crippen molar-refractivity contribution < 1.29 is 19.4 Å². The van der Waals surface area contributed by atoms with E-state index in [1.807, 2.05) is 18.2 Å². The van der Waals surface area contributed by atoms with Gasteiger partial charge in [0.25, 0.3) is 5.91 Å². The lowest BCUT2D eigenvalue weighted by atomic mass is 10.1. The van der Waals surface area contributed by atoms with Crippen LogP contribution in [0.4, 0.5) is 5.69 Å². The number of carbonyl (C=O) groups excluding carboxylic acids is 1. The number of carbonyl (C=O) groups is 2. The highest BCUT2D eigenvalue weighted by Gasteiger charge is 2.26. The van der Waals surface area contributed by atoms with Crippen molar-refractivity contribution in [3.8, 4) is 5.75 Å². The molecule has 6 heteroatoms. The molecule has 0 fully saturated rings. The zero-order chi connectivity index (χ0) is 14.5. The van der Waals surface area contributed by atoms with Crippen LogP contribution in [0.3, 0.4) is 0 Å². The molecule has 0 spiro atoms. The molecule has 0 aromatic heterocycles. The number of ether oxygens (including phenoxy) is 1. The minimum atomic E-state index is -0.865. The van der Waals surface area contributed by atoms with Gasteiger partial charge in [0.2, 0.25) is 0 Å². The lowest BCUT2D eigenvalue weighted by Gasteiger charge is -2.27. The molecular weight excluding hydrogens is 260 g/mol. The molecule has 3 N–H and O–H groups in total. The van der Waals surface area contributed by atoms with Gasteiger partial charge in [0.15, 0.2) is 6.10 Å². The molecule has 108 valence electrons. The fourth-order valence-electron chi connectivity index (χ4n) is 2.01. The summed E-state index contributed by atoms with van der Waals surface area (Å²) in [7, 11) is 0. The van der Waals surface area contributed by atoms with Gasteiger partial charge in [-0.05, 0) is 25.5 Å². The lowest BCUT2D eigenvalue weighted by Crippen LogP contribution is -2.47. The van der Waals surface area contributed by atoms with Crippen LogP contribution in [-0.2, 0) is 9.59 Å². The van der Waals surface area contributed by atoms with Gasteiger partial charge in [0.05, 0.1) is 12.2 Å². The molecule has 1 heterocycles. The third-order valence-corrected chi connectivity index (χ3v) is 3.11. The number of carboxylic acids is 1. The van der Waals surface area contributed by atoms with Gasteiger partial charge in [-0.1, -0.05) is 12.1 Å². The summed E-state index contributed by atoms with van der Waals surface area (Å²) in [6.07, 6.45) is -0.163. The third kappa shape index (κ3) is 3.63. The second-order valence-corrected chi connectivity index (χ2v) is 4.83. The lowest BCUT2D eigenvalue weighted by molar-refractivity contribution is -0.137. The average Bonchev–Trinajstić information content (AvgIpc) is 2.44. The van der Waals surface area contributed by atoms with Gasteiger partial charge in [-0.25, -0.2) is 0 Å². The molecule has 20 heavy (non-hydrogen) atoms. The van der Waals surface area contributed by atoms with Crippen LogP contribution >= 0.6 is 0 Å². The minimum absolute atomic E-state index is 0.0358. The van der Waals surface area contributed by atoms with E-state index in [9.17, 15) is 9.59 Å². The van der Waals surface area contributed by atoms with Crippen LogP contribution in [0.15, 0.2) is 24.3 Å². The van der Waals surface area contributed by atoms with Gasteiger partial charge in [-0.15, -0.1) is 0 Å². The van der Waals surface area contributed by atoms with Gasteiger partial charge in [0.1, 0.15) is 5.75 Å². The summed E-state index contributed by atoms with van der Waals surface area (Å²) in [5, 5.41) is 14.5. The molecular formula is C14H18N2O4. The first-order chi connectivity index (χ1) is 9.56. The Morgan fingerprint density at radius 1 is 1.50 bits per heavy atom. The van der Waals surface area contributed by atoms with E-state index in [0.29, 0.717) is 18.7 Å². The van der Waals surface area contributed by atoms with Crippen molar-refractivity contribution in [1.29, 1.82) is 0 Å². The molecule has 1 aromatic carbocycles. The molecule has 0 saturated carbocycles. The van der Waals surface area contributed by atoms with Crippen LogP contribution in [0.2, 0.25) is 0 Å². The van der Waals surface area contributed by atoms with Crippen LogP contribution in [0.1, 0.15) is 19.8 Å². The number of rotatable bonds is 5. The Hall–Kier alpha value is -2.24. The van der Waals surface area contributed by atoms with E-state index in [-0.39, 0.29) is 18.4 Å². The van der Waals surface area contributed by atoms with Gasteiger partial charge < -0.3 is 20.5 Å². The second-order valence-electron chi connectivity index (χ2n) is 4.83. The maximum Gasteiger partial charge on any atom is 0.303 e. The topological polar surface area (TPSA) is 87.7 Å². The first kappa shape index (κ1) is 14.2. The highest BCUT2D eigenvalue weighted by atomic mass is 16.5. The summed E-state index contributed by atoms with van der Waals surface area (Å²) in [4.78, 5) is 22.5. The molecule has 2 atom stereocenters. The molecule has 2 unspecified atom stereocenters. The molecule has 0 saturated heterocycles. The number of fused-ring (bicyclic) bond motifs is 1. The number of para-hydroxylation sites is 2. The Morgan fingerprint density at radius 3 is 3.00 bits per heavy atom. The van der Waals surface area contributed by atoms with E-state index in [4.69, 9.17) is 9.84 Å². The van der Waals surface area contributed by atoms with E-state index in [2.05, 4.69) is 10.6 Å². The molecule has 1 aliphatic heterocycles. The average molecular weight is 278 g/mol. The van der Waals surface area contributed by atoms with Crippen LogP contribution in [0, 0.1) is 0 Å². The van der Waals surface area contributed by atoms with E-state index in [1.54, 1.807) is 13.0 Å². The zero-order valence-electron chi connectivity index (χ0n) is 11.3. The monoisotopic (exact) mass is 278 g/mol. The van der Waals surface area contributed by atoms with Gasteiger partial charge >= 0.3 is 5.97 Å². The summed E-state index contributed by atoms with van der Waals surface area (Å²) in [6, 6.07) is 7.23. The molecule has 0 aliphatic carbocycles. The van der Waals surface area contributed by atoms with Crippen LogP contribution in [0.25, 0.3) is 0 Å². The van der Waals surface area contributed by atoms with Crippen molar-refractivity contribution in [3.05, 3.63) is 24.3 Å². The Labute approximate surface area is 117 Å². The number of carboxylic acid groups (broad SMARTS) is 1. The smallest absolute Gasteiger partial charge is 0.303 e. The fourth-order valence-corrected chi connectivity index (χ4v) is 2.01. The van der Waals surface area contributed by atoms with Gasteiger partial charge in [0, 0.05) is 12.5 Å². The Morgan fingerprint density at radius 2 is 2.25 bits per heavy atom. The molecule has 6 nitrogen and oxygen atoms in total. The first-order valence-corrected chi connectivity index (χ1v) is 6.58. The number of hydrogen-bond acceptors (Lipinski definition) is 4. The van der Waals surface area contributed by atoms with Crippen molar-refractivity contribution in [3.63, 3.8) is 0 Å². The second kappa shape index (κ2) is 6.27. The van der Waals surface area contributed by atoms with Crippen LogP contribution < -0.4 is 15.4 Å². The molecule has 2 rings (SSSR count). The summed E-state index contributed by atoms with van der Waals surface area (Å²) in [5.74, 6) is -0.447. The van der Waals surface area contributed by atoms with E-state index >= 15 is 0 Å². The minimum Gasteiger partial charge on any atom is -0.481 e. The van der Waals surface area contributed by atoms with E-state index in [0.717, 1.165) is 5.69 Å². The number of amides is 1. The van der Waals surface area contributed by atoms with Crippen LogP contribution in [0.5, 0.6) is 5.75 Å². The van der Waals surface area contributed by atoms with Crippen molar-refractivity contribution in [2.75, 3.05) is 11.9 Å². The van der Waals surface area contributed by atoms with Gasteiger partial charge in [-0.3, -0.25) is 9.59 Å². The predicted molar refractivity (Wildman–Crippen MR) is 73.8 cm³/mol. The summed E-state index contributed by atoms with van der Waals surface area (Å²) >= 11 is 0. The van der Waals surface area contributed by atoms with E-state index in [1.165, 1.54) is 0 Å². The Bertz CT molecular complexity index is 504. The van der Waals surface area contributed by atoms with Crippen molar-refractivity contribution in [2.45, 2.75) is 31.9 Å². The maximum atomic E-state index is 12.0. The summed E-state index contributed by atoms with van der Waals surface area (Å²) in [6.45, 7) is 2.18. The largest absolute Gasteiger partial charge is 0.481 e. The standard InChI is InChI=1S/C14H18N2O4/c1-9(6-7-13(17)18)16-14(19)12-8-15-10-4-2-3-5-11(10)20-12/h2-5,9,12,15H,6-8H2,1H3,(H,16,19)(H,17,18). The van der Waals surface area contributed by atoms with Crippen molar-refractivity contribution >= 4 is 17.6 Å². The normalized spacial score (nSPS) is 18.1. The first-order valence-electron chi connectivity index (χ1n) is 6.58. The molecule has 0 radical (unpaired) electrons. The number of aliphatic carboxylic acids is 1. The Kier molecular flexibility index (Phi) is 4.45.